The maximum absolute atomic E-state index is 12.9. The number of hydrogen-bond donors (Lipinski definition) is 0. The number of methoxy groups -OCH3 is 2. The van der Waals surface area contributed by atoms with Crippen LogP contribution in [-0.4, -0.2) is 51.0 Å². The van der Waals surface area contributed by atoms with Gasteiger partial charge >= 0.3 is 0 Å². The molecule has 9 nitrogen and oxygen atoms in total. The van der Waals surface area contributed by atoms with E-state index in [2.05, 4.69) is 9.97 Å². The van der Waals surface area contributed by atoms with Crippen LogP contribution in [0.1, 0.15) is 5.69 Å². The molecule has 2 aromatic rings. The summed E-state index contributed by atoms with van der Waals surface area (Å²) in [7, 11) is -5.72. The minimum absolute atomic E-state index is 0.163. The monoisotopic (exact) mass is 387 g/mol. The Balaban J connectivity index is 2.52. The topological polar surface area (TPSA) is 116 Å². The summed E-state index contributed by atoms with van der Waals surface area (Å²) in [5.74, 6) is 0.484. The van der Waals surface area contributed by atoms with Crippen LogP contribution in [-0.2, 0) is 26.6 Å². The molecule has 0 amide bonds. The zero-order valence-corrected chi connectivity index (χ0v) is 15.4. The SMILES string of the molecule is COc1ccc(S(=O)(=O)N(Cc2cnccn2)S(C)(=O)=O)cc1OC. The first-order valence-electron chi connectivity index (χ1n) is 6.90. The number of ether oxygens (including phenoxy) is 2. The van der Waals surface area contributed by atoms with Crippen molar-refractivity contribution in [2.45, 2.75) is 11.4 Å². The molecule has 0 spiro atoms. The number of nitrogens with zero attached hydrogens (tertiary/aromatic N) is 3. The van der Waals surface area contributed by atoms with Crippen LogP contribution in [0.15, 0.2) is 41.7 Å². The van der Waals surface area contributed by atoms with E-state index >= 15 is 0 Å². The number of aromatic nitrogens is 2. The van der Waals surface area contributed by atoms with Gasteiger partial charge in [-0.25, -0.2) is 16.8 Å². The van der Waals surface area contributed by atoms with Gasteiger partial charge in [0.1, 0.15) is 0 Å². The molecule has 0 bridgehead atoms. The highest BCUT2D eigenvalue weighted by Gasteiger charge is 2.33. The Morgan fingerprint density at radius 2 is 1.72 bits per heavy atom. The molecule has 1 heterocycles. The van der Waals surface area contributed by atoms with Gasteiger partial charge in [-0.3, -0.25) is 9.97 Å². The van der Waals surface area contributed by atoms with Crippen LogP contribution in [0.4, 0.5) is 0 Å². The van der Waals surface area contributed by atoms with E-state index < -0.39 is 26.6 Å². The van der Waals surface area contributed by atoms with Crippen molar-refractivity contribution < 1.29 is 26.3 Å². The van der Waals surface area contributed by atoms with Gasteiger partial charge in [-0.05, 0) is 12.1 Å². The Morgan fingerprint density at radius 1 is 1.04 bits per heavy atom. The summed E-state index contributed by atoms with van der Waals surface area (Å²) >= 11 is 0. The van der Waals surface area contributed by atoms with E-state index in [9.17, 15) is 16.8 Å². The summed E-state index contributed by atoms with van der Waals surface area (Å²) in [6.07, 6.45) is 4.85. The molecule has 0 unspecified atom stereocenters. The second kappa shape index (κ2) is 7.33. The van der Waals surface area contributed by atoms with E-state index in [-0.39, 0.29) is 16.3 Å². The standard InChI is InChI=1S/C14H17N3O6S2/c1-22-13-5-4-12(8-14(13)23-2)25(20,21)17(24(3,18)19)10-11-9-15-6-7-16-11/h4-9H,10H2,1-3H3. The lowest BCUT2D eigenvalue weighted by Gasteiger charge is -2.20. The largest absolute Gasteiger partial charge is 0.493 e. The van der Waals surface area contributed by atoms with Crippen molar-refractivity contribution >= 4 is 20.0 Å². The van der Waals surface area contributed by atoms with Gasteiger partial charge < -0.3 is 9.47 Å². The average molecular weight is 387 g/mol. The Morgan fingerprint density at radius 3 is 2.24 bits per heavy atom. The lowest BCUT2D eigenvalue weighted by atomic mass is 10.3. The molecule has 11 heteroatoms. The first-order valence-corrected chi connectivity index (χ1v) is 10.2. The third kappa shape index (κ3) is 4.24. The van der Waals surface area contributed by atoms with Gasteiger partial charge in [0, 0.05) is 24.7 Å². The maximum Gasteiger partial charge on any atom is 0.256 e. The van der Waals surface area contributed by atoms with E-state index in [1.54, 1.807) is 0 Å². The molecule has 0 radical (unpaired) electrons. The number of benzene rings is 1. The van der Waals surface area contributed by atoms with E-state index in [1.807, 2.05) is 0 Å². The van der Waals surface area contributed by atoms with Crippen molar-refractivity contribution in [1.82, 2.24) is 13.7 Å². The Labute approximate surface area is 146 Å². The van der Waals surface area contributed by atoms with Gasteiger partial charge in [0.15, 0.2) is 11.5 Å². The second-order valence-electron chi connectivity index (χ2n) is 4.91. The van der Waals surface area contributed by atoms with Crippen molar-refractivity contribution in [1.29, 1.82) is 0 Å². The van der Waals surface area contributed by atoms with Gasteiger partial charge in [-0.2, -0.15) is 0 Å². The first kappa shape index (κ1) is 19.1. The van der Waals surface area contributed by atoms with Gasteiger partial charge in [0.25, 0.3) is 10.0 Å². The molecule has 0 saturated carbocycles. The van der Waals surface area contributed by atoms with Gasteiger partial charge in [0.2, 0.25) is 10.0 Å². The van der Waals surface area contributed by atoms with Crippen LogP contribution in [0.5, 0.6) is 11.5 Å². The maximum atomic E-state index is 12.9. The molecule has 2 rings (SSSR count). The van der Waals surface area contributed by atoms with Crippen LogP contribution >= 0.6 is 0 Å². The Hall–Kier alpha value is -2.24. The molecule has 1 aromatic heterocycles. The summed E-state index contributed by atoms with van der Waals surface area (Å²) in [6, 6.07) is 3.82. The van der Waals surface area contributed by atoms with Gasteiger partial charge in [-0.15, -0.1) is 0 Å². The molecule has 0 N–H and O–H groups in total. The summed E-state index contributed by atoms with van der Waals surface area (Å²) in [5, 5.41) is 0. The summed E-state index contributed by atoms with van der Waals surface area (Å²) < 4.78 is 60.4. The zero-order valence-electron chi connectivity index (χ0n) is 13.8. The van der Waals surface area contributed by atoms with Crippen molar-refractivity contribution in [2.24, 2.45) is 0 Å². The lowest BCUT2D eigenvalue weighted by Crippen LogP contribution is -2.35. The summed E-state index contributed by atoms with van der Waals surface area (Å²) in [5.41, 5.74) is 0.192. The van der Waals surface area contributed by atoms with Gasteiger partial charge in [0.05, 0.1) is 37.6 Å². The van der Waals surface area contributed by atoms with Crippen molar-refractivity contribution in [3.05, 3.63) is 42.5 Å². The van der Waals surface area contributed by atoms with Crippen LogP contribution in [0.3, 0.4) is 0 Å². The first-order chi connectivity index (χ1) is 11.7. The molecular formula is C14H17N3O6S2. The van der Waals surface area contributed by atoms with Crippen LogP contribution in [0.2, 0.25) is 0 Å². The van der Waals surface area contributed by atoms with E-state index in [1.165, 1.54) is 51.0 Å². The van der Waals surface area contributed by atoms with Crippen molar-refractivity contribution in [3.63, 3.8) is 0 Å². The molecule has 0 aliphatic carbocycles. The third-order valence-corrected chi connectivity index (χ3v) is 6.98. The minimum atomic E-state index is -4.37. The van der Waals surface area contributed by atoms with Crippen LogP contribution < -0.4 is 9.47 Å². The smallest absolute Gasteiger partial charge is 0.256 e. The highest BCUT2D eigenvalue weighted by molar-refractivity contribution is 8.03. The third-order valence-electron chi connectivity index (χ3n) is 3.20. The fourth-order valence-electron chi connectivity index (χ4n) is 2.02. The molecule has 0 fully saturated rings. The lowest BCUT2D eigenvalue weighted by molar-refractivity contribution is 0.353. The molecule has 0 atom stereocenters. The molecule has 0 aliphatic rings. The Kier molecular flexibility index (Phi) is 5.60. The molecular weight excluding hydrogens is 370 g/mol. The van der Waals surface area contributed by atoms with E-state index in [4.69, 9.17) is 9.47 Å². The molecule has 0 saturated heterocycles. The van der Waals surface area contributed by atoms with E-state index in [0.29, 0.717) is 9.46 Å². The zero-order chi connectivity index (χ0) is 18.7. The average Bonchev–Trinajstić information content (AvgIpc) is 2.58. The number of sulfonamides is 2. The van der Waals surface area contributed by atoms with Crippen molar-refractivity contribution in [2.75, 3.05) is 20.5 Å². The summed E-state index contributed by atoms with van der Waals surface area (Å²) in [6.45, 7) is -0.469. The van der Waals surface area contributed by atoms with Crippen molar-refractivity contribution in [3.8, 4) is 11.5 Å². The number of rotatable bonds is 7. The fourth-order valence-corrected chi connectivity index (χ4v) is 5.10. The van der Waals surface area contributed by atoms with Gasteiger partial charge in [-0.1, -0.05) is 3.71 Å². The Bertz CT molecular complexity index is 946. The van der Waals surface area contributed by atoms with E-state index in [0.717, 1.165) is 6.26 Å². The normalized spacial score (nSPS) is 12.2. The molecule has 136 valence electrons. The summed E-state index contributed by atoms with van der Waals surface area (Å²) in [4.78, 5) is 7.48. The fraction of sp³-hybridized carbons (Fsp3) is 0.286. The second-order valence-corrected chi connectivity index (χ2v) is 8.91. The highest BCUT2D eigenvalue weighted by Crippen LogP contribution is 2.31. The highest BCUT2D eigenvalue weighted by atomic mass is 32.3. The predicted octanol–water partition coefficient (Wildman–Crippen LogP) is 0.644. The minimum Gasteiger partial charge on any atom is -0.493 e. The van der Waals surface area contributed by atoms with Crippen LogP contribution in [0.25, 0.3) is 0 Å². The molecule has 0 aliphatic heterocycles. The van der Waals surface area contributed by atoms with Crippen LogP contribution in [0, 0.1) is 0 Å². The quantitative estimate of drug-likeness (QED) is 0.680. The molecule has 25 heavy (non-hydrogen) atoms. The predicted molar refractivity (Wildman–Crippen MR) is 89.2 cm³/mol. The molecule has 1 aromatic carbocycles. The number of hydrogen-bond acceptors (Lipinski definition) is 8.